The summed E-state index contributed by atoms with van der Waals surface area (Å²) in [5, 5.41) is 6.10. The van der Waals surface area contributed by atoms with Crippen LogP contribution < -0.4 is 16.4 Å². The standard InChI is InChI=1S/C17H33N3O/c1-19-14-15(18)12-13-17(21)20-16-10-8-6-4-2-3-5-7-9-11-16/h14,16,19H,2-13,18H2,1H3,(H,20,21)/b15-14-. The molecule has 4 heteroatoms. The summed E-state index contributed by atoms with van der Waals surface area (Å²) in [6.45, 7) is 0. The van der Waals surface area contributed by atoms with Gasteiger partial charge in [-0.1, -0.05) is 51.4 Å². The van der Waals surface area contributed by atoms with Crippen molar-refractivity contribution in [1.82, 2.24) is 10.6 Å². The van der Waals surface area contributed by atoms with Crippen LogP contribution in [0.2, 0.25) is 0 Å². The summed E-state index contributed by atoms with van der Waals surface area (Å²) in [5.74, 6) is 0.141. The number of rotatable bonds is 5. The van der Waals surface area contributed by atoms with Crippen LogP contribution in [0.5, 0.6) is 0 Å². The minimum absolute atomic E-state index is 0.141. The summed E-state index contributed by atoms with van der Waals surface area (Å²) in [6, 6.07) is 0.366. The van der Waals surface area contributed by atoms with Gasteiger partial charge >= 0.3 is 0 Å². The van der Waals surface area contributed by atoms with Gasteiger partial charge in [0.15, 0.2) is 0 Å². The molecule has 4 N–H and O–H groups in total. The maximum atomic E-state index is 12.0. The minimum Gasteiger partial charge on any atom is -0.401 e. The Morgan fingerprint density at radius 1 is 1.00 bits per heavy atom. The lowest BCUT2D eigenvalue weighted by Gasteiger charge is -2.18. The highest BCUT2D eigenvalue weighted by atomic mass is 16.1. The summed E-state index contributed by atoms with van der Waals surface area (Å²) in [6.07, 6.45) is 15.7. The molecule has 21 heavy (non-hydrogen) atoms. The summed E-state index contributed by atoms with van der Waals surface area (Å²) in [5.41, 5.74) is 6.52. The maximum Gasteiger partial charge on any atom is 0.220 e. The second kappa shape index (κ2) is 11.5. The molecule has 0 aromatic carbocycles. The molecule has 0 bridgehead atoms. The van der Waals surface area contributed by atoms with Crippen LogP contribution in [0.1, 0.15) is 77.0 Å². The fourth-order valence-corrected chi connectivity index (χ4v) is 2.95. The second-order valence-electron chi connectivity index (χ2n) is 6.18. The van der Waals surface area contributed by atoms with E-state index in [1.165, 1.54) is 51.4 Å². The molecule has 1 rings (SSSR count). The van der Waals surface area contributed by atoms with E-state index in [-0.39, 0.29) is 5.91 Å². The van der Waals surface area contributed by atoms with Gasteiger partial charge in [0.05, 0.1) is 0 Å². The number of carbonyl (C=O) groups excluding carboxylic acids is 1. The fourth-order valence-electron chi connectivity index (χ4n) is 2.95. The molecule has 0 radical (unpaired) electrons. The van der Waals surface area contributed by atoms with Gasteiger partial charge in [-0.2, -0.15) is 0 Å². The van der Waals surface area contributed by atoms with E-state index >= 15 is 0 Å². The van der Waals surface area contributed by atoms with Gasteiger partial charge in [0.25, 0.3) is 0 Å². The van der Waals surface area contributed by atoms with E-state index in [2.05, 4.69) is 10.6 Å². The Bertz CT molecular complexity index is 303. The van der Waals surface area contributed by atoms with Crippen LogP contribution in [0.3, 0.4) is 0 Å². The van der Waals surface area contributed by atoms with Crippen LogP contribution in [-0.2, 0) is 4.79 Å². The molecule has 1 aliphatic carbocycles. The van der Waals surface area contributed by atoms with Crippen LogP contribution in [-0.4, -0.2) is 19.0 Å². The Morgan fingerprint density at radius 3 is 2.05 bits per heavy atom. The Labute approximate surface area is 129 Å². The van der Waals surface area contributed by atoms with Crippen LogP contribution in [0, 0.1) is 0 Å². The number of carbonyl (C=O) groups is 1. The van der Waals surface area contributed by atoms with Crippen molar-refractivity contribution in [2.24, 2.45) is 5.73 Å². The molecule has 0 atom stereocenters. The van der Waals surface area contributed by atoms with Crippen molar-refractivity contribution in [2.75, 3.05) is 7.05 Å². The zero-order valence-corrected chi connectivity index (χ0v) is 13.6. The smallest absolute Gasteiger partial charge is 0.220 e. The van der Waals surface area contributed by atoms with E-state index in [4.69, 9.17) is 5.73 Å². The first-order valence-electron chi connectivity index (χ1n) is 8.63. The Hall–Kier alpha value is -1.19. The summed E-state index contributed by atoms with van der Waals surface area (Å²) in [7, 11) is 1.82. The van der Waals surface area contributed by atoms with Crippen LogP contribution in [0.15, 0.2) is 11.9 Å². The molecule has 0 heterocycles. The van der Waals surface area contributed by atoms with Crippen molar-refractivity contribution in [3.63, 3.8) is 0 Å². The predicted octanol–water partition coefficient (Wildman–Crippen LogP) is 3.19. The molecule has 1 amide bonds. The summed E-state index contributed by atoms with van der Waals surface area (Å²) >= 11 is 0. The minimum atomic E-state index is 0.141. The molecule has 1 fully saturated rings. The number of allylic oxidation sites excluding steroid dienone is 1. The molecule has 0 aromatic heterocycles. The number of nitrogens with one attached hydrogen (secondary N) is 2. The Balaban J connectivity index is 2.30. The van der Waals surface area contributed by atoms with Gasteiger partial charge in [-0.25, -0.2) is 0 Å². The molecule has 0 spiro atoms. The lowest BCUT2D eigenvalue weighted by Crippen LogP contribution is -2.34. The van der Waals surface area contributed by atoms with Gasteiger partial charge in [0, 0.05) is 31.4 Å². The molecule has 1 aliphatic rings. The zero-order chi connectivity index (χ0) is 15.3. The average Bonchev–Trinajstić information content (AvgIpc) is 2.52. The first-order valence-corrected chi connectivity index (χ1v) is 8.63. The predicted molar refractivity (Wildman–Crippen MR) is 88.7 cm³/mol. The van der Waals surface area contributed by atoms with Crippen molar-refractivity contribution < 1.29 is 4.79 Å². The number of hydrogen-bond donors (Lipinski definition) is 3. The molecular formula is C17H33N3O. The normalized spacial score (nSPS) is 19.6. The molecule has 0 saturated heterocycles. The van der Waals surface area contributed by atoms with E-state index < -0.39 is 0 Å². The molecule has 4 nitrogen and oxygen atoms in total. The van der Waals surface area contributed by atoms with Gasteiger partial charge in [0.1, 0.15) is 0 Å². The molecule has 1 saturated carbocycles. The summed E-state index contributed by atoms with van der Waals surface area (Å²) in [4.78, 5) is 12.0. The second-order valence-corrected chi connectivity index (χ2v) is 6.18. The van der Waals surface area contributed by atoms with E-state index in [1.54, 1.807) is 6.20 Å². The van der Waals surface area contributed by atoms with Gasteiger partial charge in [-0.15, -0.1) is 0 Å². The van der Waals surface area contributed by atoms with Crippen molar-refractivity contribution >= 4 is 5.91 Å². The van der Waals surface area contributed by atoms with E-state index in [0.717, 1.165) is 18.5 Å². The lowest BCUT2D eigenvalue weighted by molar-refractivity contribution is -0.121. The van der Waals surface area contributed by atoms with Crippen molar-refractivity contribution in [3.05, 3.63) is 11.9 Å². The molecule has 0 aromatic rings. The number of nitrogens with two attached hydrogens (primary N) is 1. The van der Waals surface area contributed by atoms with Crippen molar-refractivity contribution in [3.8, 4) is 0 Å². The van der Waals surface area contributed by atoms with Crippen molar-refractivity contribution in [1.29, 1.82) is 0 Å². The SMILES string of the molecule is CN/C=C(\N)CCC(=O)NC1CCCCCCCCCC1. The first kappa shape index (κ1) is 17.9. The highest BCUT2D eigenvalue weighted by molar-refractivity contribution is 5.76. The van der Waals surface area contributed by atoms with E-state index in [9.17, 15) is 4.79 Å². The van der Waals surface area contributed by atoms with Gasteiger partial charge in [0.2, 0.25) is 5.91 Å². The molecule has 0 unspecified atom stereocenters. The van der Waals surface area contributed by atoms with Crippen LogP contribution in [0.4, 0.5) is 0 Å². The van der Waals surface area contributed by atoms with Gasteiger partial charge < -0.3 is 16.4 Å². The van der Waals surface area contributed by atoms with E-state index in [1.807, 2.05) is 7.05 Å². The maximum absolute atomic E-state index is 12.0. The van der Waals surface area contributed by atoms with Crippen LogP contribution in [0.25, 0.3) is 0 Å². The number of hydrogen-bond acceptors (Lipinski definition) is 3. The zero-order valence-electron chi connectivity index (χ0n) is 13.6. The topological polar surface area (TPSA) is 67.1 Å². The Kier molecular flexibility index (Phi) is 9.75. The van der Waals surface area contributed by atoms with E-state index in [0.29, 0.717) is 18.9 Å². The lowest BCUT2D eigenvalue weighted by atomic mass is 10.0. The molecule has 122 valence electrons. The quantitative estimate of drug-likeness (QED) is 0.729. The monoisotopic (exact) mass is 295 g/mol. The number of amides is 1. The Morgan fingerprint density at radius 2 is 1.52 bits per heavy atom. The summed E-state index contributed by atoms with van der Waals surface area (Å²) < 4.78 is 0. The van der Waals surface area contributed by atoms with Crippen LogP contribution >= 0.6 is 0 Å². The fraction of sp³-hybridized carbons (Fsp3) is 0.824. The largest absolute Gasteiger partial charge is 0.401 e. The third-order valence-electron chi connectivity index (χ3n) is 4.19. The highest BCUT2D eigenvalue weighted by Gasteiger charge is 2.12. The highest BCUT2D eigenvalue weighted by Crippen LogP contribution is 2.17. The van der Waals surface area contributed by atoms with Gasteiger partial charge in [-0.05, 0) is 19.3 Å². The average molecular weight is 295 g/mol. The molecule has 0 aliphatic heterocycles. The first-order chi connectivity index (χ1) is 10.2. The molecular weight excluding hydrogens is 262 g/mol. The third kappa shape index (κ3) is 9.38. The third-order valence-corrected chi connectivity index (χ3v) is 4.19. The van der Waals surface area contributed by atoms with Gasteiger partial charge in [-0.3, -0.25) is 4.79 Å². The van der Waals surface area contributed by atoms with Crippen molar-refractivity contribution in [2.45, 2.75) is 83.1 Å².